The Kier molecular flexibility index (Phi) is 33.0. The summed E-state index contributed by atoms with van der Waals surface area (Å²) in [6.07, 6.45) is 0. The largest absolute Gasteiger partial charge is 1.00 e. The van der Waals surface area contributed by atoms with Crippen LogP contribution in [0, 0.1) is 0 Å². The van der Waals surface area contributed by atoms with Gasteiger partial charge in [-0.3, -0.25) is 8.87 Å². The van der Waals surface area contributed by atoms with Gasteiger partial charge in [-0.2, -0.15) is 0 Å². The Morgan fingerprint density at radius 1 is 1.33 bits per heavy atom. The van der Waals surface area contributed by atoms with Crippen molar-refractivity contribution in [2.75, 3.05) is 0 Å². The van der Waals surface area contributed by atoms with Gasteiger partial charge in [0.1, 0.15) is 0 Å². The summed E-state index contributed by atoms with van der Waals surface area (Å²) in [4.78, 5) is 0. The van der Waals surface area contributed by atoms with Gasteiger partial charge in [0, 0.05) is 0 Å². The van der Waals surface area contributed by atoms with Gasteiger partial charge in [-0.25, -0.2) is 0 Å². The first-order valence-electron chi connectivity index (χ1n) is 0.836. The molecule has 0 aromatic rings. The zero-order valence-electron chi connectivity index (χ0n) is 4.87. The van der Waals surface area contributed by atoms with Crippen LogP contribution in [0.25, 0.3) is 0 Å². The second kappa shape index (κ2) is 13.2. The number of halogens is 1. The first-order chi connectivity index (χ1) is 3.00. The van der Waals surface area contributed by atoms with Gasteiger partial charge < -0.3 is 9.11 Å². The Morgan fingerprint density at radius 3 is 1.33 bits per heavy atom. The molecule has 0 aromatic heterocycles. The van der Waals surface area contributed by atoms with Crippen molar-refractivity contribution in [2.24, 2.45) is 0 Å². The van der Waals surface area contributed by atoms with Crippen LogP contribution in [-0.4, -0.2) is 18.0 Å². The van der Waals surface area contributed by atoms with Gasteiger partial charge in [-0.15, -0.1) is 9.05 Å². The molecule has 0 amide bonds. The van der Waals surface area contributed by atoms with Crippen molar-refractivity contribution in [3.05, 3.63) is 0 Å². The molecule has 9 heteroatoms. The van der Waals surface area contributed by atoms with Crippen LogP contribution in [0.4, 0.5) is 0 Å². The molecule has 0 bridgehead atoms. The second-order valence-corrected chi connectivity index (χ2v) is 2.45. The van der Waals surface area contributed by atoms with Crippen molar-refractivity contribution < 1.29 is 77.1 Å². The van der Waals surface area contributed by atoms with E-state index in [1.54, 1.807) is 0 Å². The first-order valence-corrected chi connectivity index (χ1v) is 3.51. The average molecular weight is 211 g/mol. The standard InChI is InChI=1S/ClHO.2Na.H2O3S2/c1-2;;;1-5(2,3)4/h2H;;;(H2,1,2,3,4)/q;2*+1;/p-2. The van der Waals surface area contributed by atoms with E-state index in [0.29, 0.717) is 0 Å². The Labute approximate surface area is 107 Å². The van der Waals surface area contributed by atoms with E-state index in [4.69, 9.17) is 18.0 Å². The van der Waals surface area contributed by atoms with Crippen molar-refractivity contribution >= 4 is 32.1 Å². The molecule has 0 fully saturated rings. The van der Waals surface area contributed by atoms with Crippen molar-refractivity contribution in [2.45, 2.75) is 0 Å². The summed E-state index contributed by atoms with van der Waals surface area (Å²) >= 11 is 6.88. The quantitative estimate of drug-likeness (QED) is 0.402. The molecule has 0 spiro atoms. The maximum Gasteiger partial charge on any atom is 1.00 e. The Bertz CT molecular complexity index is 99.7. The third kappa shape index (κ3) is 119. The van der Waals surface area contributed by atoms with E-state index in [1.165, 1.54) is 0 Å². The van der Waals surface area contributed by atoms with Crippen molar-refractivity contribution in [1.29, 1.82) is 0 Å². The minimum absolute atomic E-state index is 0. The monoisotopic (exact) mass is 210 g/mol. The second-order valence-electron chi connectivity index (χ2n) is 0.408. The van der Waals surface area contributed by atoms with Crippen molar-refractivity contribution in [3.63, 3.8) is 0 Å². The summed E-state index contributed by atoms with van der Waals surface area (Å²) in [5.41, 5.74) is 0. The van der Waals surface area contributed by atoms with Crippen molar-refractivity contribution in [3.8, 4) is 0 Å². The first kappa shape index (κ1) is 22.5. The van der Waals surface area contributed by atoms with Crippen LogP contribution in [0.5, 0.6) is 0 Å². The molecular formula is HClNa2O4S2. The topological polar surface area (TPSA) is 83.4 Å². The minimum atomic E-state index is -4.33. The minimum Gasteiger partial charge on any atom is -0.780 e. The molecule has 0 radical (unpaired) electrons. The summed E-state index contributed by atoms with van der Waals surface area (Å²) in [5, 5.41) is 0. The fraction of sp³-hybridized carbons (Fsp3) is 0. The van der Waals surface area contributed by atoms with E-state index in [9.17, 15) is 0 Å². The molecule has 0 aromatic carbocycles. The molecule has 0 saturated carbocycles. The van der Waals surface area contributed by atoms with Gasteiger partial charge in [-0.1, -0.05) is 0 Å². The predicted octanol–water partition coefficient (Wildman–Crippen LogP) is -6.87. The third-order valence-corrected chi connectivity index (χ3v) is 0. The smallest absolute Gasteiger partial charge is 0.780 e. The van der Waals surface area contributed by atoms with E-state index >= 15 is 0 Å². The van der Waals surface area contributed by atoms with Gasteiger partial charge in [0.15, 0.2) is 0 Å². The number of hydrogen-bond donors (Lipinski definition) is 1. The molecule has 46 valence electrons. The predicted molar refractivity (Wildman–Crippen MR) is 25.1 cm³/mol. The molecule has 0 aliphatic heterocycles. The summed E-state index contributed by atoms with van der Waals surface area (Å²) in [5.74, 6) is 0. The maximum absolute atomic E-state index is 8.89. The van der Waals surface area contributed by atoms with E-state index in [0.717, 1.165) is 0 Å². The van der Waals surface area contributed by atoms with Gasteiger partial charge in [0.2, 0.25) is 0 Å². The maximum atomic E-state index is 8.89. The number of rotatable bonds is 0. The molecule has 0 aliphatic carbocycles. The Morgan fingerprint density at radius 2 is 1.33 bits per heavy atom. The molecule has 0 unspecified atom stereocenters. The normalized spacial score (nSPS) is 7.11. The summed E-state index contributed by atoms with van der Waals surface area (Å²) in [7, 11) is -4.33. The average Bonchev–Trinajstić information content (AvgIpc) is 1.36. The van der Waals surface area contributed by atoms with Crippen LogP contribution in [0.2, 0.25) is 0 Å². The molecule has 0 heterocycles. The molecule has 0 atom stereocenters. The van der Waals surface area contributed by atoms with Gasteiger partial charge in [0.05, 0.1) is 11.9 Å². The van der Waals surface area contributed by atoms with Crippen LogP contribution in [-0.2, 0) is 20.2 Å². The fourth-order valence-corrected chi connectivity index (χ4v) is 0. The molecule has 4 nitrogen and oxygen atoms in total. The van der Waals surface area contributed by atoms with E-state index < -0.39 is 9.05 Å². The van der Waals surface area contributed by atoms with Crippen LogP contribution in [0.15, 0.2) is 0 Å². The number of hydrogen-bond acceptors (Lipinski definition) is 5. The molecule has 0 aliphatic rings. The van der Waals surface area contributed by atoms with Crippen LogP contribution in [0.1, 0.15) is 0 Å². The zero-order valence-corrected chi connectivity index (χ0v) is 11.3. The van der Waals surface area contributed by atoms with Gasteiger partial charge in [-0.05, 0) is 11.2 Å². The van der Waals surface area contributed by atoms with Gasteiger partial charge in [0.25, 0.3) is 0 Å². The zero-order chi connectivity index (χ0) is 6.50. The fourth-order valence-electron chi connectivity index (χ4n) is 0. The Hall–Kier alpha value is 2.54. The summed E-state index contributed by atoms with van der Waals surface area (Å²) in [6, 6.07) is 0. The van der Waals surface area contributed by atoms with E-state index in [2.05, 4.69) is 23.1 Å². The van der Waals surface area contributed by atoms with E-state index in [1.807, 2.05) is 0 Å². The van der Waals surface area contributed by atoms with E-state index in [-0.39, 0.29) is 59.1 Å². The molecular weight excluding hydrogens is 210 g/mol. The Balaban J connectivity index is -0.0000000286. The molecule has 1 N–H and O–H groups in total. The summed E-state index contributed by atoms with van der Waals surface area (Å²) < 4.78 is 33.1. The summed E-state index contributed by atoms with van der Waals surface area (Å²) in [6.45, 7) is 0. The van der Waals surface area contributed by atoms with Crippen LogP contribution in [0.3, 0.4) is 0 Å². The molecule has 9 heavy (non-hydrogen) atoms. The molecule has 0 rings (SSSR count). The van der Waals surface area contributed by atoms with Crippen LogP contribution >= 0.6 is 11.9 Å². The van der Waals surface area contributed by atoms with Gasteiger partial charge >= 0.3 is 59.1 Å². The third-order valence-electron chi connectivity index (χ3n) is 0. The van der Waals surface area contributed by atoms with Crippen molar-refractivity contribution in [1.82, 2.24) is 0 Å². The molecule has 0 saturated heterocycles. The SMILES string of the molecule is O=S([O-])([O-])=S.OCl.[Na+].[Na+]. The van der Waals surface area contributed by atoms with Crippen LogP contribution < -0.4 is 59.1 Å².